The molecule has 1 atom stereocenters. The number of benzene rings is 1. The second-order valence-electron chi connectivity index (χ2n) is 4.73. The van der Waals surface area contributed by atoms with E-state index in [1.807, 2.05) is 13.0 Å². The van der Waals surface area contributed by atoms with Gasteiger partial charge in [-0.3, -0.25) is 0 Å². The minimum absolute atomic E-state index is 0. The third-order valence-corrected chi connectivity index (χ3v) is 5.16. The Hall–Kier alpha value is -1.13. The summed E-state index contributed by atoms with van der Waals surface area (Å²) in [6.45, 7) is 3.76. The first-order valence-corrected chi connectivity index (χ1v) is 7.83. The Morgan fingerprint density at radius 3 is 2.90 bits per heavy atom. The second-order valence-corrected chi connectivity index (χ2v) is 6.65. The van der Waals surface area contributed by atoms with Crippen LogP contribution < -0.4 is 5.32 Å². The molecule has 1 saturated heterocycles. The van der Waals surface area contributed by atoms with E-state index in [1.54, 1.807) is 28.6 Å². The van der Waals surface area contributed by atoms with Crippen molar-refractivity contribution < 1.29 is 8.42 Å². The molecule has 1 aliphatic heterocycles. The van der Waals surface area contributed by atoms with Gasteiger partial charge in [0, 0.05) is 25.7 Å². The topological polar surface area (TPSA) is 73.2 Å². The summed E-state index contributed by atoms with van der Waals surface area (Å²) in [6.07, 6.45) is 0. The number of nitrogens with zero attached hydrogens (tertiary/aromatic N) is 2. The number of nitrogens with one attached hydrogen (secondary N) is 1. The van der Waals surface area contributed by atoms with E-state index in [-0.39, 0.29) is 24.2 Å². The van der Waals surface area contributed by atoms with E-state index in [1.165, 1.54) is 0 Å². The van der Waals surface area contributed by atoms with Gasteiger partial charge in [-0.25, -0.2) is 8.42 Å². The molecule has 0 aromatic heterocycles. The van der Waals surface area contributed by atoms with Gasteiger partial charge >= 0.3 is 0 Å². The van der Waals surface area contributed by atoms with Crippen LogP contribution in [0.25, 0.3) is 0 Å². The van der Waals surface area contributed by atoms with Crippen LogP contribution in [0, 0.1) is 11.3 Å². The third-order valence-electron chi connectivity index (χ3n) is 3.20. The fourth-order valence-electron chi connectivity index (χ4n) is 2.26. The molecule has 1 heterocycles. The van der Waals surface area contributed by atoms with Crippen LogP contribution in [0.3, 0.4) is 0 Å². The van der Waals surface area contributed by atoms with Crippen LogP contribution >= 0.6 is 12.4 Å². The molecule has 1 aromatic rings. The first-order valence-electron chi connectivity index (χ1n) is 6.22. The summed E-state index contributed by atoms with van der Waals surface area (Å²) in [5.74, 6) is -0.0488. The van der Waals surface area contributed by atoms with Gasteiger partial charge in [0.05, 0.1) is 17.4 Å². The molecule has 5 nitrogen and oxygen atoms in total. The van der Waals surface area contributed by atoms with Crippen LogP contribution in [0.1, 0.15) is 18.1 Å². The van der Waals surface area contributed by atoms with Gasteiger partial charge in [0.15, 0.2) is 0 Å². The molecule has 0 spiro atoms. The lowest BCUT2D eigenvalue weighted by Gasteiger charge is -2.32. The molecular weight excluding hydrogens is 298 g/mol. The minimum atomic E-state index is -3.33. The maximum atomic E-state index is 12.4. The molecule has 2 rings (SSSR count). The zero-order chi connectivity index (χ0) is 13.9. The Morgan fingerprint density at radius 1 is 1.50 bits per heavy atom. The fraction of sp³-hybridized carbons (Fsp3) is 0.462. The average molecular weight is 316 g/mol. The molecule has 110 valence electrons. The molecule has 0 unspecified atom stereocenters. The smallest absolute Gasteiger partial charge is 0.218 e. The molecule has 1 fully saturated rings. The number of piperazine rings is 1. The van der Waals surface area contributed by atoms with Crippen LogP contribution in [0.4, 0.5) is 0 Å². The number of nitriles is 1. The standard InChI is InChI=1S/C13H17N3O2S.ClH/c1-11-9-15-5-6-16(11)19(17,18)10-13-4-2-3-12(7-13)8-14;/h2-4,7,11,15H,5-6,9-10H2,1H3;1H/t11-;/m1./s1. The highest BCUT2D eigenvalue weighted by Gasteiger charge is 2.29. The minimum Gasteiger partial charge on any atom is -0.314 e. The maximum absolute atomic E-state index is 12.4. The quantitative estimate of drug-likeness (QED) is 0.906. The Labute approximate surface area is 126 Å². The summed E-state index contributed by atoms with van der Waals surface area (Å²) in [4.78, 5) is 0. The molecule has 0 radical (unpaired) electrons. The lowest BCUT2D eigenvalue weighted by molar-refractivity contribution is 0.283. The summed E-state index contributed by atoms with van der Waals surface area (Å²) in [7, 11) is -3.33. The first kappa shape index (κ1) is 16.9. The molecule has 1 N–H and O–H groups in total. The molecule has 1 aromatic carbocycles. The van der Waals surface area contributed by atoms with Gasteiger partial charge in [-0.05, 0) is 24.6 Å². The average Bonchev–Trinajstić information content (AvgIpc) is 2.38. The molecule has 0 aliphatic carbocycles. The molecule has 20 heavy (non-hydrogen) atoms. The maximum Gasteiger partial charge on any atom is 0.218 e. The van der Waals surface area contributed by atoms with Crippen molar-refractivity contribution in [1.82, 2.24) is 9.62 Å². The van der Waals surface area contributed by atoms with Gasteiger partial charge in [-0.1, -0.05) is 12.1 Å². The van der Waals surface area contributed by atoms with Gasteiger partial charge in [0.25, 0.3) is 0 Å². The van der Waals surface area contributed by atoms with Gasteiger partial charge in [0.1, 0.15) is 0 Å². The first-order chi connectivity index (χ1) is 9.03. The molecule has 0 saturated carbocycles. The lowest BCUT2D eigenvalue weighted by atomic mass is 10.2. The Balaban J connectivity index is 0.00000200. The summed E-state index contributed by atoms with van der Waals surface area (Å²) >= 11 is 0. The summed E-state index contributed by atoms with van der Waals surface area (Å²) in [6, 6.07) is 8.75. The van der Waals surface area contributed by atoms with Crippen LogP contribution in [0.2, 0.25) is 0 Å². The number of sulfonamides is 1. The van der Waals surface area contributed by atoms with Crippen LogP contribution in [-0.4, -0.2) is 38.4 Å². The zero-order valence-electron chi connectivity index (χ0n) is 11.2. The SMILES string of the molecule is C[C@@H]1CNCCN1S(=O)(=O)Cc1cccc(C#N)c1.Cl. The van der Waals surface area contributed by atoms with E-state index in [0.29, 0.717) is 30.8 Å². The van der Waals surface area contributed by atoms with E-state index in [9.17, 15) is 8.42 Å². The van der Waals surface area contributed by atoms with E-state index in [0.717, 1.165) is 0 Å². The normalized spacial score (nSPS) is 19.9. The van der Waals surface area contributed by atoms with Crippen molar-refractivity contribution in [3.05, 3.63) is 35.4 Å². The molecule has 1 aliphatic rings. The van der Waals surface area contributed by atoms with Crippen LogP contribution in [0.5, 0.6) is 0 Å². The van der Waals surface area contributed by atoms with Crippen molar-refractivity contribution >= 4 is 22.4 Å². The third kappa shape index (κ3) is 3.93. The van der Waals surface area contributed by atoms with E-state index < -0.39 is 10.0 Å². The highest BCUT2D eigenvalue weighted by molar-refractivity contribution is 7.88. The second kappa shape index (κ2) is 7.04. The summed E-state index contributed by atoms with van der Waals surface area (Å²) in [5.41, 5.74) is 1.14. The zero-order valence-corrected chi connectivity index (χ0v) is 12.9. The van der Waals surface area contributed by atoms with E-state index in [4.69, 9.17) is 5.26 Å². The largest absolute Gasteiger partial charge is 0.314 e. The molecular formula is C13H18ClN3O2S. The number of hydrogen-bond donors (Lipinski definition) is 1. The monoisotopic (exact) mass is 315 g/mol. The Kier molecular flexibility index (Phi) is 5.96. The van der Waals surface area contributed by atoms with Crippen molar-refractivity contribution in [2.75, 3.05) is 19.6 Å². The van der Waals surface area contributed by atoms with Gasteiger partial charge in [-0.15, -0.1) is 12.4 Å². The Morgan fingerprint density at radius 2 is 2.25 bits per heavy atom. The van der Waals surface area contributed by atoms with Crippen molar-refractivity contribution in [1.29, 1.82) is 5.26 Å². The lowest BCUT2D eigenvalue weighted by Crippen LogP contribution is -2.52. The predicted octanol–water partition coefficient (Wildman–Crippen LogP) is 1.10. The summed E-state index contributed by atoms with van der Waals surface area (Å²) in [5, 5.41) is 12.0. The van der Waals surface area contributed by atoms with Gasteiger partial charge < -0.3 is 5.32 Å². The van der Waals surface area contributed by atoms with Crippen LogP contribution in [0.15, 0.2) is 24.3 Å². The van der Waals surface area contributed by atoms with Crippen molar-refractivity contribution in [3.63, 3.8) is 0 Å². The predicted molar refractivity (Wildman–Crippen MR) is 80.1 cm³/mol. The molecule has 0 bridgehead atoms. The highest BCUT2D eigenvalue weighted by Crippen LogP contribution is 2.16. The number of hydrogen-bond acceptors (Lipinski definition) is 4. The highest BCUT2D eigenvalue weighted by atomic mass is 35.5. The van der Waals surface area contributed by atoms with Crippen molar-refractivity contribution in [2.24, 2.45) is 0 Å². The Bertz CT molecular complexity index is 598. The number of halogens is 1. The van der Waals surface area contributed by atoms with E-state index >= 15 is 0 Å². The number of rotatable bonds is 3. The molecule has 7 heteroatoms. The van der Waals surface area contributed by atoms with E-state index in [2.05, 4.69) is 5.32 Å². The van der Waals surface area contributed by atoms with Crippen LogP contribution in [-0.2, 0) is 15.8 Å². The molecule has 0 amide bonds. The van der Waals surface area contributed by atoms with Crippen molar-refractivity contribution in [3.8, 4) is 6.07 Å². The van der Waals surface area contributed by atoms with Crippen molar-refractivity contribution in [2.45, 2.75) is 18.7 Å². The fourth-order valence-corrected chi connectivity index (χ4v) is 4.02. The van der Waals surface area contributed by atoms with Gasteiger partial charge in [-0.2, -0.15) is 9.57 Å². The van der Waals surface area contributed by atoms with Gasteiger partial charge in [0.2, 0.25) is 10.0 Å². The summed E-state index contributed by atoms with van der Waals surface area (Å²) < 4.78 is 26.3.